The molecule has 0 heteroatoms. The van der Waals surface area contributed by atoms with Crippen LogP contribution in [-0.4, -0.2) is 0 Å². The molecule has 0 amide bonds. The van der Waals surface area contributed by atoms with E-state index in [2.05, 4.69) is 34.6 Å². The maximum atomic E-state index is 2.71. The summed E-state index contributed by atoms with van der Waals surface area (Å²) in [5.74, 6) is 5.32. The molecule has 0 bridgehead atoms. The van der Waals surface area contributed by atoms with Crippen LogP contribution in [0.2, 0.25) is 0 Å². The summed E-state index contributed by atoms with van der Waals surface area (Å²) in [6.45, 7) is 12.9. The molecule has 0 nitrogen and oxygen atoms in total. The molecule has 0 radical (unpaired) electrons. The monoisotopic (exact) mass is 316 g/mol. The van der Waals surface area contributed by atoms with E-state index < -0.39 is 0 Å². The minimum absolute atomic E-state index is 0.691. The Hall–Kier alpha value is 0. The molecular weight excluding hydrogens is 276 g/mol. The van der Waals surface area contributed by atoms with Crippen molar-refractivity contribution < 1.29 is 0 Å². The Morgan fingerprint density at radius 3 is 2.13 bits per heavy atom. The summed E-state index contributed by atoms with van der Waals surface area (Å²) >= 11 is 0. The van der Waals surface area contributed by atoms with Gasteiger partial charge in [0.05, 0.1) is 0 Å². The summed E-state index contributed by atoms with van der Waals surface area (Å²) in [6.07, 6.45) is 15.1. The van der Waals surface area contributed by atoms with Crippen LogP contribution in [0.5, 0.6) is 0 Å². The maximum Gasteiger partial charge on any atom is -0.0238 e. The van der Waals surface area contributed by atoms with Gasteiger partial charge >= 0.3 is 0 Å². The summed E-state index contributed by atoms with van der Waals surface area (Å²) in [5.41, 5.74) is 2.10. The summed E-state index contributed by atoms with van der Waals surface area (Å²) in [6, 6.07) is 0. The molecule has 0 aromatic heterocycles. The van der Waals surface area contributed by atoms with Crippen molar-refractivity contribution in [1.29, 1.82) is 0 Å². The molecule has 4 aliphatic carbocycles. The zero-order chi connectivity index (χ0) is 16.5. The zero-order valence-electron chi connectivity index (χ0n) is 16.5. The van der Waals surface area contributed by atoms with Gasteiger partial charge in [0, 0.05) is 0 Å². The molecule has 0 aromatic rings. The van der Waals surface area contributed by atoms with Crippen LogP contribution in [0, 0.1) is 45.8 Å². The number of fused-ring (bicyclic) bond motifs is 5. The first kappa shape index (κ1) is 16.5. The largest absolute Gasteiger partial charge is 0.0654 e. The van der Waals surface area contributed by atoms with Crippen molar-refractivity contribution in [1.82, 2.24) is 0 Å². The van der Waals surface area contributed by atoms with E-state index in [9.17, 15) is 0 Å². The lowest BCUT2D eigenvalue weighted by molar-refractivity contribution is -0.297. The van der Waals surface area contributed by atoms with Crippen LogP contribution in [0.3, 0.4) is 0 Å². The maximum absolute atomic E-state index is 2.71. The highest BCUT2D eigenvalue weighted by Crippen LogP contribution is 2.80. The highest BCUT2D eigenvalue weighted by atomic mass is 14.8. The quantitative estimate of drug-likeness (QED) is 0.519. The minimum Gasteiger partial charge on any atom is -0.0654 e. The van der Waals surface area contributed by atoms with Crippen LogP contribution in [0.15, 0.2) is 0 Å². The van der Waals surface area contributed by atoms with E-state index in [0.29, 0.717) is 16.2 Å². The van der Waals surface area contributed by atoms with E-state index in [0.717, 1.165) is 29.6 Å². The summed E-state index contributed by atoms with van der Waals surface area (Å²) < 4.78 is 0. The lowest BCUT2D eigenvalue weighted by Crippen LogP contribution is -2.71. The molecule has 0 spiro atoms. The van der Waals surface area contributed by atoms with Gasteiger partial charge in [-0.25, -0.2) is 0 Å². The van der Waals surface area contributed by atoms with Crippen LogP contribution in [0.1, 0.15) is 98.8 Å². The second-order valence-electron chi connectivity index (χ2n) is 10.6. The third kappa shape index (κ3) is 1.85. The van der Waals surface area contributed by atoms with Gasteiger partial charge in [-0.05, 0) is 77.9 Å². The predicted octanol–water partition coefficient (Wildman–Crippen LogP) is 7.08. The first-order valence-corrected chi connectivity index (χ1v) is 10.9. The molecule has 0 aliphatic heterocycles. The fourth-order valence-electron chi connectivity index (χ4n) is 8.80. The van der Waals surface area contributed by atoms with Crippen LogP contribution in [0.25, 0.3) is 0 Å². The van der Waals surface area contributed by atoms with Gasteiger partial charge in [-0.3, -0.25) is 0 Å². The van der Waals surface area contributed by atoms with Gasteiger partial charge < -0.3 is 0 Å². The van der Waals surface area contributed by atoms with Gasteiger partial charge in [-0.2, -0.15) is 0 Å². The van der Waals surface area contributed by atoms with E-state index in [4.69, 9.17) is 0 Å². The third-order valence-corrected chi connectivity index (χ3v) is 10.3. The topological polar surface area (TPSA) is 0 Å². The average Bonchev–Trinajstić information content (AvgIpc) is 2.53. The second-order valence-corrected chi connectivity index (χ2v) is 10.6. The molecule has 4 aliphatic rings. The highest BCUT2D eigenvalue weighted by Gasteiger charge is 2.73. The average molecular weight is 317 g/mol. The van der Waals surface area contributed by atoms with Crippen LogP contribution >= 0.6 is 0 Å². The summed E-state index contributed by atoms with van der Waals surface area (Å²) in [7, 11) is 0. The normalized spacial score (nSPS) is 57.5. The molecule has 0 heterocycles. The van der Waals surface area contributed by atoms with Crippen LogP contribution < -0.4 is 0 Å². The molecule has 4 rings (SSSR count). The van der Waals surface area contributed by atoms with Crippen LogP contribution in [-0.2, 0) is 0 Å². The Bertz CT molecular complexity index is 467. The Kier molecular flexibility index (Phi) is 3.76. The van der Waals surface area contributed by atoms with E-state index in [-0.39, 0.29) is 0 Å². The smallest absolute Gasteiger partial charge is 0.0238 e. The van der Waals surface area contributed by atoms with Crippen molar-refractivity contribution in [2.45, 2.75) is 98.8 Å². The van der Waals surface area contributed by atoms with Gasteiger partial charge in [0.25, 0.3) is 0 Å². The third-order valence-electron chi connectivity index (χ3n) is 10.3. The zero-order valence-corrected chi connectivity index (χ0v) is 16.5. The van der Waals surface area contributed by atoms with E-state index in [1.807, 2.05) is 0 Å². The molecule has 0 aromatic carbocycles. The predicted molar refractivity (Wildman–Crippen MR) is 99.3 cm³/mol. The molecule has 8 atom stereocenters. The van der Waals surface area contributed by atoms with E-state index in [1.54, 1.807) is 12.8 Å². The van der Waals surface area contributed by atoms with E-state index in [1.165, 1.54) is 51.4 Å². The number of hydrogen-bond donors (Lipinski definition) is 0. The Balaban J connectivity index is 1.58. The molecule has 4 fully saturated rings. The van der Waals surface area contributed by atoms with Gasteiger partial charge in [0.1, 0.15) is 0 Å². The molecule has 132 valence electrons. The molecule has 4 saturated carbocycles. The van der Waals surface area contributed by atoms with Crippen molar-refractivity contribution in [3.8, 4) is 0 Å². The van der Waals surface area contributed by atoms with E-state index >= 15 is 0 Å². The lowest BCUT2D eigenvalue weighted by Gasteiger charge is -2.78. The first-order valence-electron chi connectivity index (χ1n) is 10.9. The molecule has 0 saturated heterocycles. The van der Waals surface area contributed by atoms with Crippen molar-refractivity contribution in [3.63, 3.8) is 0 Å². The van der Waals surface area contributed by atoms with Crippen LogP contribution in [0.4, 0.5) is 0 Å². The minimum atomic E-state index is 0.691. The Morgan fingerprint density at radius 1 is 0.870 bits per heavy atom. The number of rotatable bonds is 4. The standard InChI is InChI=1S/C23H40/c1-6-8-11-17-16(7-2)18-14-19-20(15-21(17,18)3)23(5)13-10-9-12-22(19,23)4/h16-20H,6-15H2,1-5H3. The fourth-order valence-corrected chi connectivity index (χ4v) is 8.80. The van der Waals surface area contributed by atoms with Crippen molar-refractivity contribution >= 4 is 0 Å². The summed E-state index contributed by atoms with van der Waals surface area (Å²) in [5, 5.41) is 0. The second kappa shape index (κ2) is 5.25. The van der Waals surface area contributed by atoms with Crippen molar-refractivity contribution in [3.05, 3.63) is 0 Å². The highest BCUT2D eigenvalue weighted by molar-refractivity contribution is 5.21. The van der Waals surface area contributed by atoms with Gasteiger partial charge in [0.15, 0.2) is 0 Å². The van der Waals surface area contributed by atoms with Gasteiger partial charge in [-0.15, -0.1) is 0 Å². The van der Waals surface area contributed by atoms with Crippen molar-refractivity contribution in [2.75, 3.05) is 0 Å². The molecular formula is C23H40. The molecule has 8 unspecified atom stereocenters. The Labute approximate surface area is 145 Å². The lowest BCUT2D eigenvalue weighted by atomic mass is 9.26. The Morgan fingerprint density at radius 2 is 1.52 bits per heavy atom. The van der Waals surface area contributed by atoms with Crippen molar-refractivity contribution in [2.24, 2.45) is 45.8 Å². The first-order chi connectivity index (χ1) is 10.9. The van der Waals surface area contributed by atoms with Gasteiger partial charge in [0.2, 0.25) is 0 Å². The molecule has 0 N–H and O–H groups in total. The summed E-state index contributed by atoms with van der Waals surface area (Å²) in [4.78, 5) is 0. The number of hydrogen-bond acceptors (Lipinski definition) is 0. The van der Waals surface area contributed by atoms with Gasteiger partial charge in [-0.1, -0.05) is 66.7 Å². The fraction of sp³-hybridized carbons (Fsp3) is 1.00. The number of unbranched alkanes of at least 4 members (excludes halogenated alkanes) is 1. The molecule has 23 heavy (non-hydrogen) atoms. The SMILES string of the molecule is CCCCC1C(CC)C2CC3C(CC12C)C1(C)CCCCC31C.